The SMILES string of the molecule is CC[C@@H](C)c1ccccc1NC(=O)[C@H](C)OC(=O)c1csc(NCc2ccccc2)n1. The summed E-state index contributed by atoms with van der Waals surface area (Å²) in [5, 5.41) is 8.31. The molecule has 0 fully saturated rings. The number of thiazole rings is 1. The van der Waals surface area contributed by atoms with Crippen molar-refractivity contribution in [3.63, 3.8) is 0 Å². The number of amides is 1. The van der Waals surface area contributed by atoms with E-state index in [2.05, 4.69) is 29.5 Å². The number of hydrogen-bond donors (Lipinski definition) is 2. The number of rotatable bonds is 9. The quantitative estimate of drug-likeness (QED) is 0.435. The van der Waals surface area contributed by atoms with E-state index < -0.39 is 12.1 Å². The van der Waals surface area contributed by atoms with E-state index in [9.17, 15) is 9.59 Å². The standard InChI is InChI=1S/C24H27N3O3S/c1-4-16(2)19-12-8-9-13-20(19)26-22(28)17(3)30-23(29)21-15-31-24(27-21)25-14-18-10-6-5-7-11-18/h5-13,15-17H,4,14H2,1-3H3,(H,25,27)(H,26,28)/t16-,17+/m1/s1. The average Bonchev–Trinajstić information content (AvgIpc) is 3.27. The fraction of sp³-hybridized carbons (Fsp3) is 0.292. The molecule has 0 saturated carbocycles. The third kappa shape index (κ3) is 6.15. The summed E-state index contributed by atoms with van der Waals surface area (Å²) in [6.45, 7) is 6.38. The van der Waals surface area contributed by atoms with Crippen molar-refractivity contribution in [2.24, 2.45) is 0 Å². The minimum Gasteiger partial charge on any atom is -0.448 e. The van der Waals surface area contributed by atoms with Crippen LogP contribution in [0.1, 0.15) is 54.7 Å². The van der Waals surface area contributed by atoms with Gasteiger partial charge in [0, 0.05) is 17.6 Å². The molecule has 0 unspecified atom stereocenters. The predicted octanol–water partition coefficient (Wildman–Crippen LogP) is 5.45. The molecule has 6 nitrogen and oxygen atoms in total. The largest absolute Gasteiger partial charge is 0.448 e. The summed E-state index contributed by atoms with van der Waals surface area (Å²) in [6, 6.07) is 17.6. The maximum atomic E-state index is 12.6. The number of para-hydroxylation sites is 1. The molecule has 0 bridgehead atoms. The molecule has 2 atom stereocenters. The second kappa shape index (κ2) is 10.7. The summed E-state index contributed by atoms with van der Waals surface area (Å²) in [5.74, 6) is -0.685. The van der Waals surface area contributed by atoms with Gasteiger partial charge < -0.3 is 15.4 Å². The summed E-state index contributed by atoms with van der Waals surface area (Å²) in [7, 11) is 0. The smallest absolute Gasteiger partial charge is 0.358 e. The molecule has 0 aliphatic rings. The van der Waals surface area contributed by atoms with Crippen LogP contribution < -0.4 is 10.6 Å². The Morgan fingerprint density at radius 1 is 1.06 bits per heavy atom. The third-order valence-corrected chi connectivity index (χ3v) is 5.81. The van der Waals surface area contributed by atoms with Crippen LogP contribution in [0.15, 0.2) is 60.0 Å². The third-order valence-electron chi connectivity index (χ3n) is 5.01. The molecule has 162 valence electrons. The highest BCUT2D eigenvalue weighted by atomic mass is 32.1. The van der Waals surface area contributed by atoms with Gasteiger partial charge in [0.25, 0.3) is 5.91 Å². The molecule has 2 N–H and O–H groups in total. The van der Waals surface area contributed by atoms with E-state index in [1.54, 1.807) is 12.3 Å². The van der Waals surface area contributed by atoms with Gasteiger partial charge in [-0.25, -0.2) is 9.78 Å². The van der Waals surface area contributed by atoms with Crippen molar-refractivity contribution in [1.29, 1.82) is 0 Å². The molecular formula is C24H27N3O3S. The van der Waals surface area contributed by atoms with Crippen molar-refractivity contribution in [2.75, 3.05) is 10.6 Å². The number of hydrogen-bond acceptors (Lipinski definition) is 6. The van der Waals surface area contributed by atoms with Crippen LogP contribution in [0.3, 0.4) is 0 Å². The maximum Gasteiger partial charge on any atom is 0.358 e. The van der Waals surface area contributed by atoms with Crippen molar-refractivity contribution >= 4 is 34.0 Å². The van der Waals surface area contributed by atoms with Gasteiger partial charge in [0.1, 0.15) is 0 Å². The highest BCUT2D eigenvalue weighted by Crippen LogP contribution is 2.26. The minimum absolute atomic E-state index is 0.181. The Balaban J connectivity index is 1.56. The summed E-state index contributed by atoms with van der Waals surface area (Å²) in [4.78, 5) is 29.3. The molecule has 0 radical (unpaired) electrons. The Bertz CT molecular complexity index is 1020. The first kappa shape index (κ1) is 22.5. The highest BCUT2D eigenvalue weighted by Gasteiger charge is 2.22. The maximum absolute atomic E-state index is 12.6. The molecule has 1 heterocycles. The summed E-state index contributed by atoms with van der Waals surface area (Å²) in [6.07, 6.45) is 0.0157. The zero-order valence-electron chi connectivity index (χ0n) is 17.9. The van der Waals surface area contributed by atoms with Gasteiger partial charge >= 0.3 is 5.97 Å². The number of anilines is 2. The number of aromatic nitrogens is 1. The molecule has 1 amide bonds. The van der Waals surface area contributed by atoms with Crippen LogP contribution in [-0.4, -0.2) is 23.0 Å². The van der Waals surface area contributed by atoms with E-state index in [0.29, 0.717) is 17.6 Å². The molecule has 31 heavy (non-hydrogen) atoms. The van der Waals surface area contributed by atoms with Crippen LogP contribution in [0.5, 0.6) is 0 Å². The molecule has 0 aliphatic heterocycles. The van der Waals surface area contributed by atoms with Gasteiger partial charge in [-0.05, 0) is 36.5 Å². The summed E-state index contributed by atoms with van der Waals surface area (Å²) >= 11 is 1.32. The Hall–Kier alpha value is -3.19. The van der Waals surface area contributed by atoms with Crippen LogP contribution in [0.2, 0.25) is 0 Å². The lowest BCUT2D eigenvalue weighted by Gasteiger charge is -2.18. The number of ether oxygens (including phenoxy) is 1. The topological polar surface area (TPSA) is 80.3 Å². The van der Waals surface area contributed by atoms with Crippen molar-refractivity contribution in [3.8, 4) is 0 Å². The van der Waals surface area contributed by atoms with Crippen LogP contribution >= 0.6 is 11.3 Å². The number of nitrogens with zero attached hydrogens (tertiary/aromatic N) is 1. The normalized spacial score (nSPS) is 12.6. The van der Waals surface area contributed by atoms with Crippen molar-refractivity contribution in [1.82, 2.24) is 4.98 Å². The number of esters is 1. The van der Waals surface area contributed by atoms with Crippen LogP contribution in [-0.2, 0) is 16.1 Å². The highest BCUT2D eigenvalue weighted by molar-refractivity contribution is 7.13. The van der Waals surface area contributed by atoms with E-state index >= 15 is 0 Å². The zero-order chi connectivity index (χ0) is 22.2. The molecule has 0 saturated heterocycles. The van der Waals surface area contributed by atoms with E-state index in [1.807, 2.05) is 54.6 Å². The number of carbonyl (C=O) groups is 2. The van der Waals surface area contributed by atoms with Gasteiger partial charge in [-0.1, -0.05) is 62.4 Å². The van der Waals surface area contributed by atoms with Crippen molar-refractivity contribution < 1.29 is 14.3 Å². The summed E-state index contributed by atoms with van der Waals surface area (Å²) < 4.78 is 5.34. The first-order chi connectivity index (χ1) is 15.0. The van der Waals surface area contributed by atoms with Crippen molar-refractivity contribution in [3.05, 3.63) is 76.8 Å². The van der Waals surface area contributed by atoms with E-state index in [0.717, 1.165) is 23.2 Å². The molecule has 3 rings (SSSR count). The van der Waals surface area contributed by atoms with Crippen LogP contribution in [0, 0.1) is 0 Å². The molecule has 2 aromatic carbocycles. The second-order valence-electron chi connectivity index (χ2n) is 7.31. The zero-order valence-corrected chi connectivity index (χ0v) is 18.7. The number of benzene rings is 2. The fourth-order valence-corrected chi connectivity index (χ4v) is 3.67. The lowest BCUT2D eigenvalue weighted by molar-refractivity contribution is -0.123. The number of carbonyl (C=O) groups excluding carboxylic acids is 2. The first-order valence-corrected chi connectivity index (χ1v) is 11.2. The Morgan fingerprint density at radius 2 is 1.77 bits per heavy atom. The Morgan fingerprint density at radius 3 is 2.52 bits per heavy atom. The monoisotopic (exact) mass is 437 g/mol. The fourth-order valence-electron chi connectivity index (χ4n) is 2.99. The minimum atomic E-state index is -0.945. The molecule has 7 heteroatoms. The Kier molecular flexibility index (Phi) is 7.78. The van der Waals surface area contributed by atoms with Gasteiger partial charge in [-0.15, -0.1) is 11.3 Å². The van der Waals surface area contributed by atoms with E-state index in [-0.39, 0.29) is 11.6 Å². The molecular weight excluding hydrogens is 410 g/mol. The van der Waals surface area contributed by atoms with Gasteiger partial charge in [-0.3, -0.25) is 4.79 Å². The van der Waals surface area contributed by atoms with Crippen molar-refractivity contribution in [2.45, 2.75) is 45.8 Å². The first-order valence-electron chi connectivity index (χ1n) is 10.3. The Labute approximate surface area is 186 Å². The summed E-state index contributed by atoms with van der Waals surface area (Å²) in [5.41, 5.74) is 3.10. The van der Waals surface area contributed by atoms with E-state index in [1.165, 1.54) is 11.3 Å². The van der Waals surface area contributed by atoms with Crippen LogP contribution in [0.4, 0.5) is 10.8 Å². The van der Waals surface area contributed by atoms with Gasteiger partial charge in [0.15, 0.2) is 16.9 Å². The van der Waals surface area contributed by atoms with Gasteiger partial charge in [-0.2, -0.15) is 0 Å². The predicted molar refractivity (Wildman–Crippen MR) is 125 cm³/mol. The molecule has 0 aliphatic carbocycles. The van der Waals surface area contributed by atoms with Gasteiger partial charge in [0.2, 0.25) is 0 Å². The van der Waals surface area contributed by atoms with E-state index in [4.69, 9.17) is 4.74 Å². The molecule has 1 aromatic heterocycles. The lowest BCUT2D eigenvalue weighted by Crippen LogP contribution is -2.30. The van der Waals surface area contributed by atoms with Gasteiger partial charge in [0.05, 0.1) is 0 Å². The average molecular weight is 438 g/mol. The van der Waals surface area contributed by atoms with Crippen LogP contribution in [0.25, 0.3) is 0 Å². The number of nitrogens with one attached hydrogen (secondary N) is 2. The second-order valence-corrected chi connectivity index (χ2v) is 8.17. The molecule has 0 spiro atoms. The molecule has 3 aromatic rings. The lowest BCUT2D eigenvalue weighted by atomic mass is 9.97.